The number of likely N-dealkylation sites (N-methyl/N-ethyl adjacent to an activating group) is 2. The van der Waals surface area contributed by atoms with Gasteiger partial charge < -0.3 is 29.5 Å². The van der Waals surface area contributed by atoms with Gasteiger partial charge in [-0.1, -0.05) is 36.9 Å². The topological polar surface area (TPSA) is 103 Å². The van der Waals surface area contributed by atoms with Gasteiger partial charge in [-0.2, -0.15) is 4.98 Å². The lowest BCUT2D eigenvalue weighted by atomic mass is 10.1. The number of aromatic nitrogens is 2. The van der Waals surface area contributed by atoms with Gasteiger partial charge in [-0.25, -0.2) is 9.78 Å². The van der Waals surface area contributed by atoms with Crippen molar-refractivity contribution in [2.24, 2.45) is 5.92 Å². The minimum absolute atomic E-state index is 0.0525. The monoisotopic (exact) mass is 587 g/mol. The van der Waals surface area contributed by atoms with Gasteiger partial charge in [-0.15, -0.1) is 0 Å². The van der Waals surface area contributed by atoms with Crippen LogP contribution < -0.4 is 19.9 Å². The summed E-state index contributed by atoms with van der Waals surface area (Å²) in [7, 11) is 7.76. The van der Waals surface area contributed by atoms with Gasteiger partial charge in [0.2, 0.25) is 11.9 Å². The molecular weight excluding hydrogens is 546 g/mol. The van der Waals surface area contributed by atoms with Crippen LogP contribution in [-0.2, 0) is 16.1 Å². The highest BCUT2D eigenvalue weighted by molar-refractivity contribution is 5.88. The van der Waals surface area contributed by atoms with Crippen LogP contribution in [0.4, 0.5) is 27.9 Å². The zero-order chi connectivity index (χ0) is 30.8. The second-order valence-corrected chi connectivity index (χ2v) is 10.8. The number of nitrogens with one attached hydrogen (secondary N) is 1. The van der Waals surface area contributed by atoms with E-state index in [1.807, 2.05) is 69.7 Å². The van der Waals surface area contributed by atoms with E-state index in [-0.39, 0.29) is 18.4 Å². The summed E-state index contributed by atoms with van der Waals surface area (Å²) >= 11 is 0. The summed E-state index contributed by atoms with van der Waals surface area (Å²) in [6.07, 6.45) is 3.15. The normalized spacial score (nSPS) is 14.3. The quantitative estimate of drug-likeness (QED) is 0.292. The van der Waals surface area contributed by atoms with E-state index in [2.05, 4.69) is 31.7 Å². The number of benzene rings is 2. The van der Waals surface area contributed by atoms with E-state index in [1.165, 1.54) is 11.0 Å². The van der Waals surface area contributed by atoms with Gasteiger partial charge in [0.25, 0.3) is 0 Å². The number of hydrogen-bond acceptors (Lipinski definition) is 9. The number of carbonyl (C=O) groups excluding carboxylic acids is 2. The van der Waals surface area contributed by atoms with Crippen LogP contribution in [0.3, 0.4) is 0 Å². The fourth-order valence-corrected chi connectivity index (χ4v) is 4.81. The van der Waals surface area contributed by atoms with Crippen molar-refractivity contribution in [2.75, 3.05) is 76.1 Å². The predicted octanol–water partition coefficient (Wildman–Crippen LogP) is 4.40. The molecule has 228 valence electrons. The Bertz CT molecular complexity index is 1390. The highest BCUT2D eigenvalue weighted by atomic mass is 16.6. The second-order valence-electron chi connectivity index (χ2n) is 10.8. The minimum atomic E-state index is -0.523. The van der Waals surface area contributed by atoms with Crippen molar-refractivity contribution in [3.63, 3.8) is 0 Å². The van der Waals surface area contributed by atoms with Gasteiger partial charge in [0, 0.05) is 57.7 Å². The molecule has 2 aromatic carbocycles. The number of methoxy groups -OCH3 is 1. The first-order valence-electron chi connectivity index (χ1n) is 14.3. The smallest absolute Gasteiger partial charge is 0.415 e. The number of ether oxygens (including phenoxy) is 2. The SMILES string of the molecule is C=CC(=O)N1CCC(CN(C(=O)OCc2ccccc2)c2ccnc(Nc3ccc(N(C)CCN(C)C)cc3OC)n2)C1. The highest BCUT2D eigenvalue weighted by Crippen LogP contribution is 2.31. The van der Waals surface area contributed by atoms with E-state index in [0.717, 1.165) is 30.8 Å². The molecule has 2 heterocycles. The number of rotatable bonds is 13. The van der Waals surface area contributed by atoms with E-state index >= 15 is 0 Å². The number of carbonyl (C=O) groups is 2. The van der Waals surface area contributed by atoms with E-state index in [0.29, 0.717) is 42.8 Å². The molecule has 1 unspecified atom stereocenters. The molecule has 1 aliphatic heterocycles. The molecule has 0 saturated carbocycles. The Morgan fingerprint density at radius 3 is 2.63 bits per heavy atom. The van der Waals surface area contributed by atoms with Crippen molar-refractivity contribution in [1.29, 1.82) is 0 Å². The predicted molar refractivity (Wildman–Crippen MR) is 169 cm³/mol. The first-order valence-corrected chi connectivity index (χ1v) is 14.3. The summed E-state index contributed by atoms with van der Waals surface area (Å²) in [5.74, 6) is 1.28. The van der Waals surface area contributed by atoms with E-state index in [4.69, 9.17) is 9.47 Å². The number of anilines is 4. The molecular formula is C32H41N7O4. The van der Waals surface area contributed by atoms with Crippen LogP contribution in [0.2, 0.25) is 0 Å². The molecule has 0 aliphatic carbocycles. The Morgan fingerprint density at radius 1 is 1.12 bits per heavy atom. The molecule has 1 aliphatic rings. The van der Waals surface area contributed by atoms with Crippen molar-refractivity contribution < 1.29 is 19.1 Å². The summed E-state index contributed by atoms with van der Waals surface area (Å²) < 4.78 is 11.4. The average molecular weight is 588 g/mol. The number of amides is 2. The standard InChI is InChI=1S/C32H41N7O4/c1-6-30(40)38-17-15-25(21-38)22-39(32(41)43-23-24-10-8-7-9-11-24)29-14-16-33-31(35-29)34-27-13-12-26(20-28(27)42-5)37(4)19-18-36(2)3/h6-14,16,20,25H,1,15,17-19,21-23H2,2-5H3,(H,33,34,35). The van der Waals surface area contributed by atoms with Crippen LogP contribution in [-0.4, -0.2) is 92.7 Å². The molecule has 0 spiro atoms. The lowest BCUT2D eigenvalue weighted by Gasteiger charge is -2.25. The van der Waals surface area contributed by atoms with Crippen molar-refractivity contribution >= 4 is 35.1 Å². The maximum Gasteiger partial charge on any atom is 0.415 e. The Kier molecular flexibility index (Phi) is 10.9. The van der Waals surface area contributed by atoms with Gasteiger partial charge in [-0.3, -0.25) is 9.69 Å². The van der Waals surface area contributed by atoms with Crippen molar-refractivity contribution in [3.8, 4) is 5.75 Å². The van der Waals surface area contributed by atoms with E-state index in [1.54, 1.807) is 24.3 Å². The molecule has 0 bridgehead atoms. The second kappa shape index (κ2) is 15.0. The first-order chi connectivity index (χ1) is 20.8. The van der Waals surface area contributed by atoms with Crippen molar-refractivity contribution in [3.05, 3.63) is 79.0 Å². The summed E-state index contributed by atoms with van der Waals surface area (Å²) in [5.41, 5.74) is 2.59. The zero-order valence-corrected chi connectivity index (χ0v) is 25.4. The fraction of sp³-hybridized carbons (Fsp3) is 0.375. The Morgan fingerprint density at radius 2 is 1.91 bits per heavy atom. The molecule has 43 heavy (non-hydrogen) atoms. The lowest BCUT2D eigenvalue weighted by Crippen LogP contribution is -2.38. The molecule has 1 fully saturated rings. The molecule has 3 aromatic rings. The summed E-state index contributed by atoms with van der Waals surface area (Å²) in [6.45, 7) is 6.98. The highest BCUT2D eigenvalue weighted by Gasteiger charge is 2.30. The van der Waals surface area contributed by atoms with Crippen LogP contribution in [0.5, 0.6) is 5.75 Å². The van der Waals surface area contributed by atoms with Gasteiger partial charge in [0.1, 0.15) is 18.2 Å². The van der Waals surface area contributed by atoms with Gasteiger partial charge >= 0.3 is 6.09 Å². The third-order valence-corrected chi connectivity index (χ3v) is 7.31. The molecule has 1 aromatic heterocycles. The van der Waals surface area contributed by atoms with Crippen molar-refractivity contribution in [2.45, 2.75) is 13.0 Å². The van der Waals surface area contributed by atoms with Gasteiger partial charge in [-0.05, 0) is 56.3 Å². The van der Waals surface area contributed by atoms with E-state index in [9.17, 15) is 9.59 Å². The van der Waals surface area contributed by atoms with Crippen LogP contribution in [0, 0.1) is 5.92 Å². The molecule has 11 heteroatoms. The third kappa shape index (κ3) is 8.68. The summed E-state index contributed by atoms with van der Waals surface area (Å²) in [4.78, 5) is 42.2. The lowest BCUT2D eigenvalue weighted by molar-refractivity contribution is -0.125. The molecule has 4 rings (SSSR count). The number of hydrogen-bond donors (Lipinski definition) is 1. The Hall–Kier alpha value is -4.64. The third-order valence-electron chi connectivity index (χ3n) is 7.31. The molecule has 1 saturated heterocycles. The van der Waals surface area contributed by atoms with Crippen LogP contribution in [0.15, 0.2) is 73.4 Å². The summed E-state index contributed by atoms with van der Waals surface area (Å²) in [5, 5.41) is 3.24. The van der Waals surface area contributed by atoms with Crippen LogP contribution >= 0.6 is 0 Å². The summed E-state index contributed by atoms with van der Waals surface area (Å²) in [6, 6.07) is 17.1. The Labute approximate surface area is 253 Å². The van der Waals surface area contributed by atoms with E-state index < -0.39 is 6.09 Å². The maximum atomic E-state index is 13.4. The largest absolute Gasteiger partial charge is 0.494 e. The van der Waals surface area contributed by atoms with Gasteiger partial charge in [0.05, 0.1) is 12.8 Å². The average Bonchev–Trinajstić information content (AvgIpc) is 3.50. The molecule has 2 amide bonds. The van der Waals surface area contributed by atoms with Gasteiger partial charge in [0.15, 0.2) is 0 Å². The van der Waals surface area contributed by atoms with Crippen molar-refractivity contribution in [1.82, 2.24) is 19.8 Å². The zero-order valence-electron chi connectivity index (χ0n) is 25.4. The Balaban J connectivity index is 1.53. The number of likely N-dealkylation sites (tertiary alicyclic amines) is 1. The fourth-order valence-electron chi connectivity index (χ4n) is 4.81. The maximum absolute atomic E-state index is 13.4. The minimum Gasteiger partial charge on any atom is -0.494 e. The molecule has 1 atom stereocenters. The number of nitrogens with zero attached hydrogens (tertiary/aromatic N) is 6. The van der Waals surface area contributed by atoms with Crippen LogP contribution in [0.1, 0.15) is 12.0 Å². The molecule has 1 N–H and O–H groups in total. The molecule has 11 nitrogen and oxygen atoms in total. The van der Waals surface area contributed by atoms with Crippen LogP contribution in [0.25, 0.3) is 0 Å². The molecule has 0 radical (unpaired) electrons. The first kappa shape index (κ1) is 31.3.